The zero-order chi connectivity index (χ0) is 18.0. The molecule has 0 bridgehead atoms. The maximum absolute atomic E-state index is 13.1. The summed E-state index contributed by atoms with van der Waals surface area (Å²) in [6.45, 7) is 2.51. The van der Waals surface area contributed by atoms with E-state index in [0.717, 1.165) is 18.5 Å². The van der Waals surface area contributed by atoms with Crippen molar-refractivity contribution in [1.29, 1.82) is 0 Å². The molecule has 7 heteroatoms. The highest BCUT2D eigenvalue weighted by Crippen LogP contribution is 2.36. The smallest absolute Gasteiger partial charge is 0.338 e. The van der Waals surface area contributed by atoms with Gasteiger partial charge in [0.15, 0.2) is 0 Å². The van der Waals surface area contributed by atoms with Gasteiger partial charge < -0.3 is 9.30 Å². The summed E-state index contributed by atoms with van der Waals surface area (Å²) in [5, 5.41) is 0. The van der Waals surface area contributed by atoms with Gasteiger partial charge in [-0.05, 0) is 56.2 Å². The summed E-state index contributed by atoms with van der Waals surface area (Å²) in [7, 11) is -1.69. The van der Waals surface area contributed by atoms with Crippen LogP contribution in [0.15, 0.2) is 47.5 Å². The first-order chi connectivity index (χ1) is 11.9. The monoisotopic (exact) mass is 362 g/mol. The molecule has 134 valence electrons. The molecule has 1 aliphatic heterocycles. The van der Waals surface area contributed by atoms with Gasteiger partial charge in [0.1, 0.15) is 0 Å². The number of aromatic nitrogens is 1. The van der Waals surface area contributed by atoms with Gasteiger partial charge in [-0.3, -0.25) is 0 Å². The molecule has 0 spiro atoms. The van der Waals surface area contributed by atoms with Gasteiger partial charge in [-0.15, -0.1) is 0 Å². The predicted octanol–water partition coefficient (Wildman–Crippen LogP) is 2.73. The summed E-state index contributed by atoms with van der Waals surface area (Å²) in [6, 6.07) is 9.67. The van der Waals surface area contributed by atoms with E-state index in [0.29, 0.717) is 12.1 Å². The van der Waals surface area contributed by atoms with Gasteiger partial charge in [-0.1, -0.05) is 0 Å². The highest BCUT2D eigenvalue weighted by atomic mass is 32.2. The molecule has 0 amide bonds. The number of sulfonamides is 1. The van der Waals surface area contributed by atoms with E-state index in [2.05, 4.69) is 0 Å². The SMILES string of the molecule is CCOC(=O)c1ccc(S(=O)(=O)N2CCC[C@@H]2c2cccn2C)cc1. The lowest BCUT2D eigenvalue weighted by molar-refractivity contribution is 0.0526. The van der Waals surface area contributed by atoms with Crippen LogP contribution >= 0.6 is 0 Å². The number of rotatable bonds is 5. The highest BCUT2D eigenvalue weighted by Gasteiger charge is 2.37. The lowest BCUT2D eigenvalue weighted by Crippen LogP contribution is -2.31. The highest BCUT2D eigenvalue weighted by molar-refractivity contribution is 7.89. The molecule has 0 N–H and O–H groups in total. The Morgan fingerprint density at radius 3 is 2.56 bits per heavy atom. The minimum absolute atomic E-state index is 0.158. The molecule has 1 aromatic carbocycles. The van der Waals surface area contributed by atoms with Crippen molar-refractivity contribution in [2.45, 2.75) is 30.7 Å². The number of hydrogen-bond donors (Lipinski definition) is 0. The number of esters is 1. The van der Waals surface area contributed by atoms with E-state index in [-0.39, 0.29) is 17.5 Å². The first kappa shape index (κ1) is 17.7. The molecule has 0 aliphatic carbocycles. The third-order valence-corrected chi connectivity index (χ3v) is 6.42. The fraction of sp³-hybridized carbons (Fsp3) is 0.389. The number of nitrogens with zero attached hydrogens (tertiary/aromatic N) is 2. The van der Waals surface area contributed by atoms with Crippen LogP contribution in [0.4, 0.5) is 0 Å². The second-order valence-electron chi connectivity index (χ2n) is 6.06. The van der Waals surface area contributed by atoms with Crippen molar-refractivity contribution in [2.75, 3.05) is 13.2 Å². The van der Waals surface area contributed by atoms with Crippen molar-refractivity contribution in [3.8, 4) is 0 Å². The van der Waals surface area contributed by atoms with Gasteiger partial charge in [0.05, 0.1) is 23.1 Å². The van der Waals surface area contributed by atoms with Crippen LogP contribution in [0.3, 0.4) is 0 Å². The minimum atomic E-state index is -3.62. The molecule has 1 aromatic heterocycles. The molecular weight excluding hydrogens is 340 g/mol. The molecule has 2 aromatic rings. The quantitative estimate of drug-likeness (QED) is 0.767. The van der Waals surface area contributed by atoms with Gasteiger partial charge in [0.25, 0.3) is 0 Å². The van der Waals surface area contributed by atoms with Crippen LogP contribution in [-0.4, -0.2) is 36.4 Å². The average Bonchev–Trinajstić information content (AvgIpc) is 3.24. The van der Waals surface area contributed by atoms with E-state index < -0.39 is 16.0 Å². The Balaban J connectivity index is 1.88. The molecule has 2 heterocycles. The zero-order valence-corrected chi connectivity index (χ0v) is 15.2. The van der Waals surface area contributed by atoms with Gasteiger partial charge >= 0.3 is 5.97 Å². The van der Waals surface area contributed by atoms with Crippen LogP contribution in [0, 0.1) is 0 Å². The lowest BCUT2D eigenvalue weighted by atomic mass is 10.1. The van der Waals surface area contributed by atoms with Crippen LogP contribution in [0.25, 0.3) is 0 Å². The zero-order valence-electron chi connectivity index (χ0n) is 14.4. The second kappa shape index (κ2) is 7.01. The first-order valence-corrected chi connectivity index (χ1v) is 9.79. The third kappa shape index (κ3) is 3.34. The molecule has 0 unspecified atom stereocenters. The van der Waals surface area contributed by atoms with Crippen LogP contribution in [0.5, 0.6) is 0 Å². The van der Waals surface area contributed by atoms with Crippen LogP contribution in [0.2, 0.25) is 0 Å². The standard InChI is InChI=1S/C18H22N2O4S/c1-3-24-18(21)14-8-10-15(11-9-14)25(22,23)20-13-5-7-17(20)16-6-4-12-19(16)2/h4,6,8-12,17H,3,5,7,13H2,1-2H3/t17-/m1/s1. The molecule has 3 rings (SSSR count). The largest absolute Gasteiger partial charge is 0.462 e. The van der Waals surface area contributed by atoms with Crippen molar-refractivity contribution in [3.05, 3.63) is 53.9 Å². The second-order valence-corrected chi connectivity index (χ2v) is 7.95. The first-order valence-electron chi connectivity index (χ1n) is 8.35. The van der Waals surface area contributed by atoms with E-state index in [1.807, 2.05) is 29.9 Å². The Bertz CT molecular complexity index is 855. The van der Waals surface area contributed by atoms with Gasteiger partial charge in [-0.25, -0.2) is 13.2 Å². The molecule has 1 saturated heterocycles. The molecule has 0 radical (unpaired) electrons. The normalized spacial score (nSPS) is 18.4. The number of carbonyl (C=O) groups is 1. The Labute approximate surface area is 148 Å². The van der Waals surface area contributed by atoms with E-state index in [4.69, 9.17) is 4.74 Å². The Morgan fingerprint density at radius 1 is 1.24 bits per heavy atom. The lowest BCUT2D eigenvalue weighted by Gasteiger charge is -2.24. The van der Waals surface area contributed by atoms with E-state index in [9.17, 15) is 13.2 Å². The number of ether oxygens (including phenoxy) is 1. The molecule has 6 nitrogen and oxygen atoms in total. The van der Waals surface area contributed by atoms with Crippen molar-refractivity contribution >= 4 is 16.0 Å². The minimum Gasteiger partial charge on any atom is -0.462 e. The number of carbonyl (C=O) groups excluding carboxylic acids is 1. The Hall–Kier alpha value is -2.12. The number of aryl methyl sites for hydroxylation is 1. The summed E-state index contributed by atoms with van der Waals surface area (Å²) in [4.78, 5) is 11.9. The summed E-state index contributed by atoms with van der Waals surface area (Å²) in [6.07, 6.45) is 3.56. The Kier molecular flexibility index (Phi) is 4.96. The fourth-order valence-corrected chi connectivity index (χ4v) is 4.93. The summed E-state index contributed by atoms with van der Waals surface area (Å²) < 4.78 is 34.6. The van der Waals surface area contributed by atoms with Crippen molar-refractivity contribution < 1.29 is 17.9 Å². The third-order valence-electron chi connectivity index (χ3n) is 4.50. The van der Waals surface area contributed by atoms with Crippen molar-refractivity contribution in [1.82, 2.24) is 8.87 Å². The molecule has 1 fully saturated rings. The maximum Gasteiger partial charge on any atom is 0.338 e. The average molecular weight is 362 g/mol. The van der Waals surface area contributed by atoms with E-state index in [1.54, 1.807) is 11.2 Å². The summed E-state index contributed by atoms with van der Waals surface area (Å²) in [5.74, 6) is -0.450. The van der Waals surface area contributed by atoms with Crippen molar-refractivity contribution in [3.63, 3.8) is 0 Å². The van der Waals surface area contributed by atoms with Crippen LogP contribution in [-0.2, 0) is 21.8 Å². The molecule has 25 heavy (non-hydrogen) atoms. The van der Waals surface area contributed by atoms with Crippen molar-refractivity contribution in [2.24, 2.45) is 7.05 Å². The van der Waals surface area contributed by atoms with E-state index >= 15 is 0 Å². The summed E-state index contributed by atoms with van der Waals surface area (Å²) in [5.41, 5.74) is 1.34. The topological polar surface area (TPSA) is 68.6 Å². The maximum atomic E-state index is 13.1. The van der Waals surface area contributed by atoms with Gasteiger partial charge in [-0.2, -0.15) is 4.31 Å². The van der Waals surface area contributed by atoms with Gasteiger partial charge in [0.2, 0.25) is 10.0 Å². The fourth-order valence-electron chi connectivity index (χ4n) is 3.26. The Morgan fingerprint density at radius 2 is 1.96 bits per heavy atom. The molecule has 1 atom stereocenters. The summed E-state index contributed by atoms with van der Waals surface area (Å²) >= 11 is 0. The molecule has 1 aliphatic rings. The number of benzene rings is 1. The van der Waals surface area contributed by atoms with Gasteiger partial charge in [0, 0.05) is 25.5 Å². The predicted molar refractivity (Wildman–Crippen MR) is 93.7 cm³/mol. The van der Waals surface area contributed by atoms with Crippen LogP contribution in [0.1, 0.15) is 41.9 Å². The number of hydrogen-bond acceptors (Lipinski definition) is 4. The molecule has 0 saturated carbocycles. The van der Waals surface area contributed by atoms with Crippen LogP contribution < -0.4 is 0 Å². The molecular formula is C18H22N2O4S. The van der Waals surface area contributed by atoms with E-state index in [1.165, 1.54) is 24.3 Å².